The summed E-state index contributed by atoms with van der Waals surface area (Å²) in [5, 5.41) is 10.9. The average molecular weight is 364 g/mol. The molecule has 1 heterocycles. The fraction of sp³-hybridized carbons (Fsp3) is 0.250. The number of aliphatic carboxylic acids is 1. The Hall–Kier alpha value is -3.40. The van der Waals surface area contributed by atoms with Gasteiger partial charge in [0.25, 0.3) is 0 Å². The molecule has 0 unspecified atom stereocenters. The molecule has 0 atom stereocenters. The summed E-state index contributed by atoms with van der Waals surface area (Å²) in [5.74, 6) is -4.37. The van der Waals surface area contributed by atoms with Crippen LogP contribution < -0.4 is 10.2 Å². The fourth-order valence-corrected chi connectivity index (χ4v) is 2.28. The highest BCUT2D eigenvalue weighted by atomic mass is 16.5. The van der Waals surface area contributed by atoms with Gasteiger partial charge in [0, 0.05) is 11.4 Å². The van der Waals surface area contributed by atoms with Crippen molar-refractivity contribution in [3.8, 4) is 0 Å². The highest BCUT2D eigenvalue weighted by Gasteiger charge is 2.32. The SMILES string of the molecule is COC(=O)C1=C(C(=O)OC)N(c2cccc(NC(=O)C(=O)O)c2)COC1. The summed E-state index contributed by atoms with van der Waals surface area (Å²) >= 11 is 0. The molecule has 0 aromatic heterocycles. The molecule has 2 rings (SSSR count). The van der Waals surface area contributed by atoms with E-state index in [0.29, 0.717) is 5.69 Å². The van der Waals surface area contributed by atoms with Crippen molar-refractivity contribution in [3.63, 3.8) is 0 Å². The van der Waals surface area contributed by atoms with E-state index in [2.05, 4.69) is 10.1 Å². The number of amides is 1. The molecule has 1 amide bonds. The predicted octanol–water partition coefficient (Wildman–Crippen LogP) is 0.104. The normalized spacial score (nSPS) is 13.8. The molecule has 0 saturated heterocycles. The zero-order valence-electron chi connectivity index (χ0n) is 14.0. The molecule has 1 aromatic rings. The Kier molecular flexibility index (Phi) is 5.91. The van der Waals surface area contributed by atoms with E-state index in [4.69, 9.17) is 14.6 Å². The number of hydrogen-bond acceptors (Lipinski definition) is 8. The Morgan fingerprint density at radius 2 is 1.85 bits per heavy atom. The van der Waals surface area contributed by atoms with Gasteiger partial charge >= 0.3 is 23.8 Å². The first-order valence-electron chi connectivity index (χ1n) is 7.28. The third-order valence-electron chi connectivity index (χ3n) is 3.44. The molecular weight excluding hydrogens is 348 g/mol. The third kappa shape index (κ3) is 3.98. The maximum Gasteiger partial charge on any atom is 0.394 e. The van der Waals surface area contributed by atoms with Crippen LogP contribution in [0.5, 0.6) is 0 Å². The molecule has 26 heavy (non-hydrogen) atoms. The topological polar surface area (TPSA) is 131 Å². The van der Waals surface area contributed by atoms with Crippen LogP contribution in [0.1, 0.15) is 0 Å². The monoisotopic (exact) mass is 364 g/mol. The summed E-state index contributed by atoms with van der Waals surface area (Å²) in [4.78, 5) is 47.5. The van der Waals surface area contributed by atoms with Gasteiger partial charge in [-0.05, 0) is 18.2 Å². The van der Waals surface area contributed by atoms with Gasteiger partial charge in [0.05, 0.1) is 26.4 Å². The molecule has 2 N–H and O–H groups in total. The van der Waals surface area contributed by atoms with E-state index in [9.17, 15) is 19.2 Å². The quantitative estimate of drug-likeness (QED) is 0.564. The number of carbonyl (C=O) groups excluding carboxylic acids is 3. The first-order valence-corrected chi connectivity index (χ1v) is 7.28. The van der Waals surface area contributed by atoms with Crippen molar-refractivity contribution in [3.05, 3.63) is 35.5 Å². The fourth-order valence-electron chi connectivity index (χ4n) is 2.28. The lowest BCUT2D eigenvalue weighted by atomic mass is 10.1. The van der Waals surface area contributed by atoms with Gasteiger partial charge in [0.2, 0.25) is 0 Å². The zero-order valence-corrected chi connectivity index (χ0v) is 14.0. The van der Waals surface area contributed by atoms with E-state index in [-0.39, 0.29) is 30.3 Å². The van der Waals surface area contributed by atoms with Gasteiger partial charge in [0.1, 0.15) is 12.4 Å². The second kappa shape index (κ2) is 8.12. The number of esters is 2. The number of nitrogens with one attached hydrogen (secondary N) is 1. The van der Waals surface area contributed by atoms with E-state index in [0.717, 1.165) is 0 Å². The number of methoxy groups -OCH3 is 2. The van der Waals surface area contributed by atoms with Crippen LogP contribution in [0.15, 0.2) is 35.5 Å². The van der Waals surface area contributed by atoms with Crippen molar-refractivity contribution in [1.82, 2.24) is 0 Å². The highest BCUT2D eigenvalue weighted by Crippen LogP contribution is 2.28. The van der Waals surface area contributed by atoms with Gasteiger partial charge < -0.3 is 29.5 Å². The van der Waals surface area contributed by atoms with E-state index in [1.54, 1.807) is 6.07 Å². The third-order valence-corrected chi connectivity index (χ3v) is 3.44. The lowest BCUT2D eigenvalue weighted by Gasteiger charge is -2.31. The molecule has 1 aromatic carbocycles. The molecule has 0 spiro atoms. The Bertz CT molecular complexity index is 786. The largest absolute Gasteiger partial charge is 0.474 e. The summed E-state index contributed by atoms with van der Waals surface area (Å²) in [5.41, 5.74) is 0.469. The summed E-state index contributed by atoms with van der Waals surface area (Å²) in [6.07, 6.45) is 0. The smallest absolute Gasteiger partial charge is 0.394 e. The maximum atomic E-state index is 12.2. The number of benzene rings is 1. The summed E-state index contributed by atoms with van der Waals surface area (Å²) in [7, 11) is 2.34. The van der Waals surface area contributed by atoms with Crippen LogP contribution in [0.4, 0.5) is 11.4 Å². The number of rotatable bonds is 4. The van der Waals surface area contributed by atoms with Gasteiger partial charge in [-0.3, -0.25) is 4.79 Å². The number of carboxylic acid groups (broad SMARTS) is 1. The first-order chi connectivity index (χ1) is 12.4. The second-order valence-corrected chi connectivity index (χ2v) is 5.03. The highest BCUT2D eigenvalue weighted by molar-refractivity contribution is 6.36. The number of hydrogen-bond donors (Lipinski definition) is 2. The second-order valence-electron chi connectivity index (χ2n) is 5.03. The molecule has 0 aliphatic carbocycles. The van der Waals surface area contributed by atoms with Crippen LogP contribution in [0.3, 0.4) is 0 Å². The number of carbonyl (C=O) groups is 4. The first kappa shape index (κ1) is 18.9. The van der Waals surface area contributed by atoms with Crippen molar-refractivity contribution < 1.29 is 38.5 Å². The van der Waals surface area contributed by atoms with Crippen LogP contribution in [-0.4, -0.2) is 56.5 Å². The van der Waals surface area contributed by atoms with E-state index in [1.165, 1.54) is 37.3 Å². The van der Waals surface area contributed by atoms with Crippen molar-refractivity contribution in [2.45, 2.75) is 0 Å². The Balaban J connectivity index is 2.45. The lowest BCUT2D eigenvalue weighted by molar-refractivity contribution is -0.147. The number of ether oxygens (including phenoxy) is 3. The maximum absolute atomic E-state index is 12.2. The van der Waals surface area contributed by atoms with Crippen LogP contribution in [-0.2, 0) is 33.4 Å². The molecule has 0 bridgehead atoms. The van der Waals surface area contributed by atoms with Gasteiger partial charge in [-0.15, -0.1) is 0 Å². The number of carboxylic acids is 1. The van der Waals surface area contributed by atoms with Crippen molar-refractivity contribution in [2.24, 2.45) is 0 Å². The van der Waals surface area contributed by atoms with Gasteiger partial charge in [-0.2, -0.15) is 0 Å². The van der Waals surface area contributed by atoms with Crippen LogP contribution in [0.2, 0.25) is 0 Å². The average Bonchev–Trinajstić information content (AvgIpc) is 2.66. The van der Waals surface area contributed by atoms with Gasteiger partial charge in [-0.25, -0.2) is 14.4 Å². The van der Waals surface area contributed by atoms with Crippen LogP contribution >= 0.6 is 0 Å². The molecule has 0 fully saturated rings. The van der Waals surface area contributed by atoms with Gasteiger partial charge in [-0.1, -0.05) is 6.07 Å². The van der Waals surface area contributed by atoms with Gasteiger partial charge in [0.15, 0.2) is 0 Å². The van der Waals surface area contributed by atoms with Crippen molar-refractivity contribution >= 4 is 35.2 Å². The minimum absolute atomic E-state index is 0.0226. The molecule has 0 saturated carbocycles. The molecule has 1 aliphatic rings. The van der Waals surface area contributed by atoms with Crippen LogP contribution in [0.25, 0.3) is 0 Å². The lowest BCUT2D eigenvalue weighted by Crippen LogP contribution is -2.38. The molecule has 138 valence electrons. The number of nitrogens with zero attached hydrogens (tertiary/aromatic N) is 1. The van der Waals surface area contributed by atoms with E-state index in [1.807, 2.05) is 0 Å². The zero-order chi connectivity index (χ0) is 19.3. The Morgan fingerprint density at radius 1 is 1.15 bits per heavy atom. The minimum atomic E-state index is -1.64. The van der Waals surface area contributed by atoms with E-state index < -0.39 is 23.8 Å². The molecular formula is C16H16N2O8. The molecule has 10 nitrogen and oxygen atoms in total. The molecule has 0 radical (unpaired) electrons. The minimum Gasteiger partial charge on any atom is -0.474 e. The van der Waals surface area contributed by atoms with Crippen molar-refractivity contribution in [1.29, 1.82) is 0 Å². The van der Waals surface area contributed by atoms with Crippen molar-refractivity contribution in [2.75, 3.05) is 37.8 Å². The molecule has 1 aliphatic heterocycles. The Labute approximate surface area is 147 Å². The standard InChI is InChI=1S/C16H16N2O8/c1-24-15(22)11-7-26-8-18(12(11)16(23)25-2)10-5-3-4-9(6-10)17-13(19)14(20)21/h3-6H,7-8H2,1-2H3,(H,17,19)(H,20,21). The predicted molar refractivity (Wildman–Crippen MR) is 87.1 cm³/mol. The summed E-state index contributed by atoms with van der Waals surface area (Å²) in [6, 6.07) is 6.02. The number of anilines is 2. The van der Waals surface area contributed by atoms with E-state index >= 15 is 0 Å². The van der Waals surface area contributed by atoms with Crippen LogP contribution in [0, 0.1) is 0 Å². The summed E-state index contributed by atoms with van der Waals surface area (Å²) < 4.78 is 14.7. The Morgan fingerprint density at radius 3 is 2.46 bits per heavy atom. The molecule has 10 heteroatoms. The summed E-state index contributed by atoms with van der Waals surface area (Å²) in [6.45, 7) is -0.204.